The molecule has 0 spiro atoms. The Hall–Kier alpha value is -7.19. The normalized spacial score (nSPS) is 12.1. The van der Waals surface area contributed by atoms with Crippen molar-refractivity contribution in [1.29, 1.82) is 0 Å². The zero-order valence-electron chi connectivity index (χ0n) is 28.0. The molecule has 0 aliphatic carbocycles. The van der Waals surface area contributed by atoms with Crippen LogP contribution in [-0.4, -0.2) is 31.0 Å². The maximum atomic E-state index is 15.6. The van der Waals surface area contributed by atoms with Crippen LogP contribution in [-0.2, 0) is 0 Å². The van der Waals surface area contributed by atoms with Gasteiger partial charge in [-0.2, -0.15) is 0 Å². The number of hydrogen-bond acceptors (Lipinski definition) is 2. The Balaban J connectivity index is 1.70. The van der Waals surface area contributed by atoms with Crippen LogP contribution >= 0.6 is 0 Å². The van der Waals surface area contributed by atoms with Crippen molar-refractivity contribution in [2.24, 2.45) is 0 Å². The van der Waals surface area contributed by atoms with E-state index in [0.29, 0.717) is 6.07 Å². The van der Waals surface area contributed by atoms with Crippen molar-refractivity contribution in [1.82, 2.24) is 19.9 Å². The zero-order valence-corrected chi connectivity index (χ0v) is 28.0. The van der Waals surface area contributed by atoms with Gasteiger partial charge in [0.05, 0.1) is 44.7 Å². The summed E-state index contributed by atoms with van der Waals surface area (Å²) in [5.41, 5.74) is -15.2. The SMILES string of the molecule is O=C(O)c1cc2[nH]c1c(-c1c(F)c(F)c(F)c(F)c1F)c1ccc([nH]1)c(-c1c(F)c(F)c(F)c(F)c1F)c1ccc([nH]1)c(-c1c(F)c(F)c(F)c(F)c1F)c1nc2C=C1. The molecule has 59 heavy (non-hydrogen) atoms. The Labute approximate surface area is 314 Å². The summed E-state index contributed by atoms with van der Waals surface area (Å²) in [5.74, 6) is -39.8. The van der Waals surface area contributed by atoms with Crippen LogP contribution in [0.15, 0.2) is 30.3 Å². The molecule has 1 aliphatic heterocycles. The minimum atomic E-state index is -2.65. The second-order valence-electron chi connectivity index (χ2n) is 12.5. The lowest BCUT2D eigenvalue weighted by atomic mass is 10.0. The molecule has 0 amide bonds. The number of rotatable bonds is 4. The smallest absolute Gasteiger partial charge is 0.337 e. The van der Waals surface area contributed by atoms with Crippen molar-refractivity contribution in [2.45, 2.75) is 0 Å². The van der Waals surface area contributed by atoms with Gasteiger partial charge in [-0.05, 0) is 42.5 Å². The van der Waals surface area contributed by atoms with Crippen molar-refractivity contribution in [2.75, 3.05) is 0 Å². The third kappa shape index (κ3) is 5.54. The number of hydrogen-bond donors (Lipinski definition) is 4. The minimum absolute atomic E-state index is 0.436. The van der Waals surface area contributed by atoms with Gasteiger partial charge < -0.3 is 20.1 Å². The number of carboxylic acids is 1. The Morgan fingerprint density at radius 3 is 1.12 bits per heavy atom. The summed E-state index contributed by atoms with van der Waals surface area (Å²) in [6, 6.07) is 3.74. The van der Waals surface area contributed by atoms with Crippen LogP contribution in [0.3, 0.4) is 0 Å². The van der Waals surface area contributed by atoms with Gasteiger partial charge in [-0.15, -0.1) is 0 Å². The van der Waals surface area contributed by atoms with E-state index < -0.39 is 177 Å². The molecule has 300 valence electrons. The van der Waals surface area contributed by atoms with Gasteiger partial charge in [0, 0.05) is 38.8 Å². The molecule has 21 heteroatoms. The standard InChI is InChI=1S/C38H11F15N4O2/c39-22-19(23(40)29(46)34(51)28(22)45)16-10-2-1-9(54-10)15-7-8(38(58)59)37(57-15)18(21-26(43)32(49)36(53)33(50)27(21)44)14-6-5-13(56-14)17(12-4-3-11(16)55-12)20-24(41)30(47)35(52)31(48)25(20)42/h1-7,55-57H,(H,58,59). The monoisotopic (exact) mass is 840 g/mol. The number of aromatic nitrogens is 4. The first-order valence-electron chi connectivity index (χ1n) is 16.0. The molecule has 0 atom stereocenters. The second kappa shape index (κ2) is 13.5. The molecule has 0 fully saturated rings. The van der Waals surface area contributed by atoms with Gasteiger partial charge in [-0.1, -0.05) is 0 Å². The lowest BCUT2D eigenvalue weighted by Gasteiger charge is -2.11. The fourth-order valence-corrected chi connectivity index (χ4v) is 6.67. The highest BCUT2D eigenvalue weighted by molar-refractivity contribution is 6.08. The number of halogens is 15. The quantitative estimate of drug-likeness (QED) is 0.0807. The van der Waals surface area contributed by atoms with E-state index in [4.69, 9.17) is 0 Å². The van der Waals surface area contributed by atoms with E-state index in [1.807, 2.05) is 0 Å². The van der Waals surface area contributed by atoms with Crippen molar-refractivity contribution in [3.8, 4) is 33.4 Å². The molecule has 5 heterocycles. The average Bonchev–Trinajstić information content (AvgIpc) is 4.05. The molecule has 4 aromatic heterocycles. The van der Waals surface area contributed by atoms with Crippen molar-refractivity contribution in [3.63, 3.8) is 0 Å². The van der Waals surface area contributed by atoms with Gasteiger partial charge in [0.1, 0.15) is 0 Å². The predicted octanol–water partition coefficient (Wildman–Crippen LogP) is 11.5. The van der Waals surface area contributed by atoms with E-state index in [0.717, 1.165) is 36.4 Å². The van der Waals surface area contributed by atoms with Gasteiger partial charge in [-0.25, -0.2) is 75.6 Å². The summed E-state index contributed by atoms with van der Waals surface area (Å²) in [6.07, 6.45) is 1.85. The fourth-order valence-electron chi connectivity index (χ4n) is 6.67. The number of aromatic amines is 3. The molecule has 0 radical (unpaired) electrons. The molecule has 3 aromatic carbocycles. The third-order valence-corrected chi connectivity index (χ3v) is 9.30. The third-order valence-electron chi connectivity index (χ3n) is 9.30. The molecule has 0 saturated carbocycles. The molecular weight excluding hydrogens is 829 g/mol. The number of nitrogens with one attached hydrogen (secondary N) is 3. The molecule has 0 saturated heterocycles. The first-order chi connectivity index (χ1) is 27.8. The first-order valence-corrected chi connectivity index (χ1v) is 16.0. The van der Waals surface area contributed by atoms with Gasteiger partial charge in [0.2, 0.25) is 17.5 Å². The van der Waals surface area contributed by atoms with Gasteiger partial charge in [-0.3, -0.25) is 0 Å². The van der Waals surface area contributed by atoms with Gasteiger partial charge in [0.15, 0.2) is 69.8 Å². The lowest BCUT2D eigenvalue weighted by Crippen LogP contribution is -2.05. The van der Waals surface area contributed by atoms with E-state index >= 15 is 26.3 Å². The molecule has 6 nitrogen and oxygen atoms in total. The summed E-state index contributed by atoms with van der Waals surface area (Å²) in [4.78, 5) is 23.8. The summed E-state index contributed by atoms with van der Waals surface area (Å²) in [6.45, 7) is 0. The second-order valence-corrected chi connectivity index (χ2v) is 12.5. The van der Waals surface area contributed by atoms with E-state index in [-0.39, 0.29) is 0 Å². The van der Waals surface area contributed by atoms with Gasteiger partial charge >= 0.3 is 5.97 Å². The van der Waals surface area contributed by atoms with Crippen molar-refractivity contribution >= 4 is 51.2 Å². The zero-order chi connectivity index (χ0) is 42.7. The Morgan fingerprint density at radius 1 is 0.390 bits per heavy atom. The summed E-state index contributed by atoms with van der Waals surface area (Å²) in [5, 5.41) is 10.2. The highest BCUT2D eigenvalue weighted by atomic mass is 19.2. The first kappa shape index (κ1) is 38.7. The maximum absolute atomic E-state index is 15.6. The van der Waals surface area contributed by atoms with Crippen LogP contribution in [0.5, 0.6) is 0 Å². The van der Waals surface area contributed by atoms with Gasteiger partial charge in [0.25, 0.3) is 0 Å². The van der Waals surface area contributed by atoms with Crippen LogP contribution in [0, 0.1) is 87.3 Å². The molecule has 8 rings (SSSR count). The van der Waals surface area contributed by atoms with Crippen LogP contribution in [0.2, 0.25) is 0 Å². The Bertz CT molecular complexity index is 3130. The van der Waals surface area contributed by atoms with E-state index in [1.54, 1.807) is 0 Å². The number of benzene rings is 3. The molecule has 4 N–H and O–H groups in total. The average molecular weight is 841 g/mol. The summed E-state index contributed by atoms with van der Waals surface area (Å²) < 4.78 is 225. The van der Waals surface area contributed by atoms with Crippen molar-refractivity contribution in [3.05, 3.63) is 135 Å². The highest BCUT2D eigenvalue weighted by Gasteiger charge is 2.33. The minimum Gasteiger partial charge on any atom is -0.478 e. The van der Waals surface area contributed by atoms with Crippen molar-refractivity contribution < 1.29 is 75.8 Å². The molecule has 0 unspecified atom stereocenters. The predicted molar refractivity (Wildman–Crippen MR) is 178 cm³/mol. The number of fused-ring (bicyclic) bond motifs is 9. The number of H-pyrrole nitrogens is 3. The molecule has 1 aliphatic rings. The largest absolute Gasteiger partial charge is 0.478 e. The maximum Gasteiger partial charge on any atom is 0.337 e. The number of carbonyl (C=O) groups is 1. The molecule has 7 aromatic rings. The topological polar surface area (TPSA) is 97.6 Å². The van der Waals surface area contributed by atoms with E-state index in [1.165, 1.54) is 0 Å². The number of carboxylic acid groups (broad SMARTS) is 1. The molecule has 8 bridgehead atoms. The lowest BCUT2D eigenvalue weighted by molar-refractivity contribution is 0.0699. The van der Waals surface area contributed by atoms with Crippen LogP contribution in [0.4, 0.5) is 65.9 Å². The van der Waals surface area contributed by atoms with E-state index in [2.05, 4.69) is 19.9 Å². The fraction of sp³-hybridized carbons (Fsp3) is 0. The van der Waals surface area contributed by atoms with E-state index in [9.17, 15) is 49.4 Å². The number of aromatic carboxylic acids is 1. The summed E-state index contributed by atoms with van der Waals surface area (Å²) >= 11 is 0. The Morgan fingerprint density at radius 2 is 0.712 bits per heavy atom. The molecular formula is C38H11F15N4O2. The van der Waals surface area contributed by atoms with Crippen LogP contribution in [0.1, 0.15) is 21.7 Å². The van der Waals surface area contributed by atoms with Crippen LogP contribution in [0.25, 0.3) is 78.6 Å². The highest BCUT2D eigenvalue weighted by Crippen LogP contribution is 2.42. The van der Waals surface area contributed by atoms with Crippen LogP contribution < -0.4 is 0 Å². The summed E-state index contributed by atoms with van der Waals surface area (Å²) in [7, 11) is 0. The number of nitrogens with zero attached hydrogens (tertiary/aromatic N) is 1. The Kier molecular flexibility index (Phi) is 8.82.